The van der Waals surface area contributed by atoms with E-state index in [1.165, 1.54) is 0 Å². The Labute approximate surface area is 124 Å². The Balaban J connectivity index is 3.08. The largest absolute Gasteiger partial charge is 0.305 e. The number of unbranched alkanes of at least 4 members (excludes halogenated alkanes) is 2. The summed E-state index contributed by atoms with van der Waals surface area (Å²) in [5, 5.41) is 15.6. The Hall–Kier alpha value is -1.18. The topological polar surface area (TPSA) is 96.8 Å². The summed E-state index contributed by atoms with van der Waals surface area (Å²) in [6.07, 6.45) is 2.65. The maximum Gasteiger partial charge on any atom is 0.305 e. The lowest BCUT2D eigenvalue weighted by atomic mass is 10.1. The fraction of sp³-hybridized carbons (Fsp3) is 0.750. The molecule has 7 nitrogen and oxygen atoms in total. The van der Waals surface area contributed by atoms with Gasteiger partial charge in [0.1, 0.15) is 5.70 Å². The Morgan fingerprint density at radius 1 is 1.55 bits per heavy atom. The summed E-state index contributed by atoms with van der Waals surface area (Å²) in [6.45, 7) is 5.86. The third-order valence-corrected chi connectivity index (χ3v) is 3.26. The number of hydrazine groups is 1. The highest BCUT2D eigenvalue weighted by Gasteiger charge is 2.38. The van der Waals surface area contributed by atoms with Crippen molar-refractivity contribution in [3.8, 4) is 0 Å². The number of nitrogens with two attached hydrogens (primary N) is 1. The van der Waals surface area contributed by atoms with Crippen molar-refractivity contribution in [1.29, 1.82) is 0 Å². The zero-order valence-corrected chi connectivity index (χ0v) is 12.9. The first-order valence-electron chi connectivity index (χ1n) is 6.80. The third-order valence-electron chi connectivity index (χ3n) is 2.98. The van der Waals surface area contributed by atoms with E-state index in [0.717, 1.165) is 24.3 Å². The molecule has 1 aliphatic heterocycles. The predicted molar refractivity (Wildman–Crippen MR) is 79.5 cm³/mol. The van der Waals surface area contributed by atoms with Crippen LogP contribution < -0.4 is 11.2 Å². The number of nitro groups is 1. The van der Waals surface area contributed by atoms with Crippen LogP contribution >= 0.6 is 11.6 Å². The van der Waals surface area contributed by atoms with E-state index in [1.54, 1.807) is 0 Å². The van der Waals surface area contributed by atoms with E-state index >= 15 is 0 Å². The molecule has 1 atom stereocenters. The summed E-state index contributed by atoms with van der Waals surface area (Å²) in [6, 6.07) is 0.0282. The first kappa shape index (κ1) is 16.9. The molecule has 0 radical (unpaired) electrons. The molecule has 1 heterocycles. The lowest BCUT2D eigenvalue weighted by Gasteiger charge is -2.31. The molecule has 0 amide bonds. The monoisotopic (exact) mass is 303 g/mol. The molecular formula is C12H22ClN5O2. The van der Waals surface area contributed by atoms with Crippen molar-refractivity contribution >= 4 is 16.9 Å². The normalized spacial score (nSPS) is 19.6. The molecule has 1 unspecified atom stereocenters. The number of halogens is 1. The lowest BCUT2D eigenvalue weighted by molar-refractivity contribution is -0.435. The quantitative estimate of drug-likeness (QED) is 0.247. The Morgan fingerprint density at radius 3 is 2.70 bits per heavy atom. The van der Waals surface area contributed by atoms with Crippen LogP contribution in [0, 0.1) is 10.1 Å². The van der Waals surface area contributed by atoms with E-state index in [1.807, 2.05) is 13.8 Å². The van der Waals surface area contributed by atoms with E-state index in [2.05, 4.69) is 17.2 Å². The average Bonchev–Trinajstić information content (AvgIpc) is 2.34. The van der Waals surface area contributed by atoms with Crippen LogP contribution in [-0.4, -0.2) is 27.4 Å². The number of aliphatic imine (C=N–C) groups is 1. The van der Waals surface area contributed by atoms with Gasteiger partial charge in [0.2, 0.25) is 5.29 Å². The van der Waals surface area contributed by atoms with Gasteiger partial charge in [0, 0.05) is 6.04 Å². The smallest absolute Gasteiger partial charge is 0.285 e. The maximum atomic E-state index is 11.4. The Kier molecular flexibility index (Phi) is 6.38. The first-order valence-corrected chi connectivity index (χ1v) is 7.17. The standard InChI is InChI=1S/C12H22ClN5O2/c1-4-5-6-7-9-10(18(19)20)11(15-8(2)3)17(14)12(13)16-9/h8,11,15H,4-7,14H2,1-3H3. The van der Waals surface area contributed by atoms with Crippen LogP contribution in [0.1, 0.15) is 46.5 Å². The molecule has 0 spiro atoms. The molecule has 0 aromatic carbocycles. The molecule has 0 aromatic rings. The minimum Gasteiger partial charge on any atom is -0.285 e. The second-order valence-electron chi connectivity index (χ2n) is 5.06. The van der Waals surface area contributed by atoms with Crippen LogP contribution in [0.3, 0.4) is 0 Å². The fourth-order valence-corrected chi connectivity index (χ4v) is 2.23. The molecule has 0 aliphatic carbocycles. The highest BCUT2D eigenvalue weighted by atomic mass is 35.5. The predicted octanol–water partition coefficient (Wildman–Crippen LogP) is 2.16. The van der Waals surface area contributed by atoms with Gasteiger partial charge in [-0.15, -0.1) is 0 Å². The van der Waals surface area contributed by atoms with Crippen molar-refractivity contribution in [2.75, 3.05) is 0 Å². The van der Waals surface area contributed by atoms with Crippen LogP contribution in [0.5, 0.6) is 0 Å². The minimum atomic E-state index is -0.758. The third kappa shape index (κ3) is 4.16. The van der Waals surface area contributed by atoms with E-state index in [-0.39, 0.29) is 17.0 Å². The summed E-state index contributed by atoms with van der Waals surface area (Å²) in [4.78, 5) is 15.0. The van der Waals surface area contributed by atoms with E-state index in [0.29, 0.717) is 12.1 Å². The molecule has 0 saturated carbocycles. The molecular weight excluding hydrogens is 282 g/mol. The van der Waals surface area contributed by atoms with Crippen LogP contribution in [-0.2, 0) is 0 Å². The maximum absolute atomic E-state index is 11.4. The number of allylic oxidation sites excluding steroid dienone is 1. The van der Waals surface area contributed by atoms with Gasteiger partial charge in [0.05, 0.1) is 4.92 Å². The van der Waals surface area contributed by atoms with E-state index in [4.69, 9.17) is 17.4 Å². The molecule has 1 rings (SSSR count). The van der Waals surface area contributed by atoms with Gasteiger partial charge in [0.25, 0.3) is 0 Å². The number of rotatable bonds is 7. The molecule has 3 N–H and O–H groups in total. The van der Waals surface area contributed by atoms with Crippen molar-refractivity contribution < 1.29 is 4.92 Å². The van der Waals surface area contributed by atoms with Crippen molar-refractivity contribution in [3.63, 3.8) is 0 Å². The molecule has 20 heavy (non-hydrogen) atoms. The van der Waals surface area contributed by atoms with Crippen molar-refractivity contribution in [2.24, 2.45) is 10.8 Å². The lowest BCUT2D eigenvalue weighted by Crippen LogP contribution is -2.57. The molecule has 0 saturated heterocycles. The number of nitrogens with one attached hydrogen (secondary N) is 1. The average molecular weight is 304 g/mol. The zero-order chi connectivity index (χ0) is 15.3. The van der Waals surface area contributed by atoms with Gasteiger partial charge in [-0.3, -0.25) is 20.4 Å². The molecule has 8 heteroatoms. The fourth-order valence-electron chi connectivity index (χ4n) is 2.03. The molecule has 1 aliphatic rings. The number of hydrogen-bond acceptors (Lipinski definition) is 6. The van der Waals surface area contributed by atoms with Crippen LogP contribution in [0.15, 0.2) is 16.4 Å². The second kappa shape index (κ2) is 7.56. The zero-order valence-electron chi connectivity index (χ0n) is 12.1. The molecule has 0 aromatic heterocycles. The van der Waals surface area contributed by atoms with Gasteiger partial charge >= 0.3 is 5.70 Å². The summed E-state index contributed by atoms with van der Waals surface area (Å²) >= 11 is 5.98. The van der Waals surface area contributed by atoms with Crippen molar-refractivity contribution in [3.05, 3.63) is 21.5 Å². The van der Waals surface area contributed by atoms with E-state index < -0.39 is 11.1 Å². The van der Waals surface area contributed by atoms with Crippen LogP contribution in [0.4, 0.5) is 0 Å². The van der Waals surface area contributed by atoms with Crippen LogP contribution in [0.25, 0.3) is 0 Å². The van der Waals surface area contributed by atoms with Gasteiger partial charge < -0.3 is 0 Å². The molecule has 0 fully saturated rings. The van der Waals surface area contributed by atoms with Crippen molar-refractivity contribution in [1.82, 2.24) is 10.3 Å². The highest BCUT2D eigenvalue weighted by molar-refractivity contribution is 6.64. The minimum absolute atomic E-state index is 0.0123. The number of hydrogen-bond donors (Lipinski definition) is 2. The number of nitrogens with zero attached hydrogens (tertiary/aromatic N) is 3. The molecule has 0 bridgehead atoms. The second-order valence-corrected chi connectivity index (χ2v) is 5.40. The first-order chi connectivity index (χ1) is 9.38. The van der Waals surface area contributed by atoms with Gasteiger partial charge in [-0.2, -0.15) is 0 Å². The summed E-state index contributed by atoms with van der Waals surface area (Å²) in [7, 11) is 0. The summed E-state index contributed by atoms with van der Waals surface area (Å²) < 4.78 is 0. The van der Waals surface area contributed by atoms with Gasteiger partial charge in [-0.1, -0.05) is 19.8 Å². The van der Waals surface area contributed by atoms with Gasteiger partial charge in [0.15, 0.2) is 6.17 Å². The van der Waals surface area contributed by atoms with Gasteiger partial charge in [-0.05, 0) is 38.3 Å². The highest BCUT2D eigenvalue weighted by Crippen LogP contribution is 2.25. The summed E-state index contributed by atoms with van der Waals surface area (Å²) in [5.74, 6) is 5.79. The SMILES string of the molecule is CCCCCC1=C([N+](=O)[O-])C(NC(C)C)N(N)C(Cl)=N1. The van der Waals surface area contributed by atoms with Crippen LogP contribution in [0.2, 0.25) is 0 Å². The molecule has 114 valence electrons. The summed E-state index contributed by atoms with van der Waals surface area (Å²) in [5.41, 5.74) is 0.398. The van der Waals surface area contributed by atoms with Crippen molar-refractivity contribution in [2.45, 2.75) is 58.7 Å². The van der Waals surface area contributed by atoms with E-state index in [9.17, 15) is 10.1 Å². The Morgan fingerprint density at radius 2 is 2.20 bits per heavy atom. The van der Waals surface area contributed by atoms with Gasteiger partial charge in [-0.25, -0.2) is 10.8 Å². The number of amidine groups is 1. The Bertz CT molecular complexity index is 422.